The topological polar surface area (TPSA) is 29.1 Å². The van der Waals surface area contributed by atoms with E-state index in [1.807, 2.05) is 6.07 Å². The summed E-state index contributed by atoms with van der Waals surface area (Å²) in [4.78, 5) is 12.2. The van der Waals surface area contributed by atoms with Crippen molar-refractivity contribution in [3.05, 3.63) is 35.9 Å². The van der Waals surface area contributed by atoms with Gasteiger partial charge in [0, 0.05) is 12.3 Å². The summed E-state index contributed by atoms with van der Waals surface area (Å²) in [5.41, 5.74) is 1.35. The Balaban J connectivity index is 1.45. The summed E-state index contributed by atoms with van der Waals surface area (Å²) in [7, 11) is 0. The minimum atomic E-state index is 0.318. The van der Waals surface area contributed by atoms with Crippen molar-refractivity contribution in [2.75, 3.05) is 13.1 Å². The second kappa shape index (κ2) is 5.87. The van der Waals surface area contributed by atoms with Gasteiger partial charge >= 0.3 is 0 Å². The van der Waals surface area contributed by atoms with Crippen LogP contribution in [0, 0.1) is 11.8 Å². The lowest BCUT2D eigenvalue weighted by Crippen LogP contribution is -2.30. The molecule has 0 spiro atoms. The second-order valence-corrected chi connectivity index (χ2v) is 6.08. The van der Waals surface area contributed by atoms with Crippen molar-refractivity contribution in [3.8, 4) is 0 Å². The number of carbonyl (C=O) groups excluding carboxylic acids is 1. The first-order chi connectivity index (χ1) is 9.34. The predicted octanol–water partition coefficient (Wildman–Crippen LogP) is 3.14. The smallest absolute Gasteiger partial charge is 0.136 e. The number of piperidine rings is 1. The lowest BCUT2D eigenvalue weighted by atomic mass is 9.92. The fraction of sp³-hybridized carbons (Fsp3) is 0.588. The molecule has 1 N–H and O–H groups in total. The molecule has 0 radical (unpaired) electrons. The zero-order valence-electron chi connectivity index (χ0n) is 11.5. The number of hydrogen-bond donors (Lipinski definition) is 1. The van der Waals surface area contributed by atoms with Gasteiger partial charge in [0.1, 0.15) is 5.78 Å². The Labute approximate surface area is 115 Å². The molecule has 1 aromatic rings. The van der Waals surface area contributed by atoms with Gasteiger partial charge in [0.2, 0.25) is 0 Å². The van der Waals surface area contributed by atoms with Crippen LogP contribution < -0.4 is 5.32 Å². The number of nitrogens with one attached hydrogen (secondary N) is 1. The molecular formula is C17H23NO. The van der Waals surface area contributed by atoms with Gasteiger partial charge in [-0.2, -0.15) is 0 Å². The molecule has 102 valence electrons. The van der Waals surface area contributed by atoms with E-state index in [4.69, 9.17) is 0 Å². The van der Waals surface area contributed by atoms with Crippen LogP contribution in [0.25, 0.3) is 0 Å². The van der Waals surface area contributed by atoms with Gasteiger partial charge < -0.3 is 5.32 Å². The van der Waals surface area contributed by atoms with E-state index in [9.17, 15) is 4.79 Å². The molecule has 1 saturated heterocycles. The SMILES string of the molecule is O=C(CCC1CCCNC1)C1CC1c1ccccc1. The summed E-state index contributed by atoms with van der Waals surface area (Å²) < 4.78 is 0. The molecule has 1 aliphatic carbocycles. The molecule has 19 heavy (non-hydrogen) atoms. The van der Waals surface area contributed by atoms with Gasteiger partial charge in [0.25, 0.3) is 0 Å². The van der Waals surface area contributed by atoms with Crippen molar-refractivity contribution < 1.29 is 4.79 Å². The predicted molar refractivity (Wildman–Crippen MR) is 77.1 cm³/mol. The van der Waals surface area contributed by atoms with Crippen molar-refractivity contribution in [1.29, 1.82) is 0 Å². The molecule has 3 rings (SSSR count). The van der Waals surface area contributed by atoms with Crippen molar-refractivity contribution in [2.24, 2.45) is 11.8 Å². The van der Waals surface area contributed by atoms with E-state index in [0.717, 1.165) is 38.3 Å². The summed E-state index contributed by atoms with van der Waals surface area (Å²) in [6, 6.07) is 10.5. The molecule has 3 atom stereocenters. The molecule has 2 nitrogen and oxygen atoms in total. The van der Waals surface area contributed by atoms with E-state index in [1.165, 1.54) is 18.4 Å². The Morgan fingerprint density at radius 1 is 1.26 bits per heavy atom. The fourth-order valence-corrected chi connectivity index (χ4v) is 3.32. The summed E-state index contributed by atoms with van der Waals surface area (Å²) in [6.45, 7) is 2.27. The van der Waals surface area contributed by atoms with Crippen molar-refractivity contribution in [2.45, 2.75) is 38.0 Å². The van der Waals surface area contributed by atoms with Crippen LogP contribution in [-0.2, 0) is 4.79 Å². The van der Waals surface area contributed by atoms with E-state index in [-0.39, 0.29) is 0 Å². The molecule has 3 unspecified atom stereocenters. The van der Waals surface area contributed by atoms with Gasteiger partial charge in [0.15, 0.2) is 0 Å². The standard InChI is InChI=1S/C17H23NO/c19-17(9-8-13-5-4-10-18-12-13)16-11-15(16)14-6-2-1-3-7-14/h1-3,6-7,13,15-16,18H,4-5,8-12H2. The first kappa shape index (κ1) is 12.9. The van der Waals surface area contributed by atoms with Crippen LogP contribution in [0.3, 0.4) is 0 Å². The lowest BCUT2D eigenvalue weighted by molar-refractivity contribution is -0.120. The van der Waals surface area contributed by atoms with Crippen molar-refractivity contribution >= 4 is 5.78 Å². The fourth-order valence-electron chi connectivity index (χ4n) is 3.32. The highest BCUT2D eigenvalue weighted by molar-refractivity contribution is 5.85. The average Bonchev–Trinajstić information content (AvgIpc) is 3.27. The summed E-state index contributed by atoms with van der Waals surface area (Å²) in [5.74, 6) is 2.06. The molecule has 2 heteroatoms. The molecule has 1 heterocycles. The number of Topliss-reactive ketones (excluding diaryl/α,β-unsaturated/α-hetero) is 1. The summed E-state index contributed by atoms with van der Waals surface area (Å²) in [6.07, 6.45) is 5.53. The Morgan fingerprint density at radius 2 is 2.11 bits per heavy atom. The van der Waals surface area contributed by atoms with Gasteiger partial charge in [-0.05, 0) is 56.2 Å². The third-order valence-corrected chi connectivity index (χ3v) is 4.63. The van der Waals surface area contributed by atoms with Crippen molar-refractivity contribution in [3.63, 3.8) is 0 Å². The minimum absolute atomic E-state index is 0.318. The van der Waals surface area contributed by atoms with Crippen molar-refractivity contribution in [1.82, 2.24) is 5.32 Å². The van der Waals surface area contributed by atoms with Gasteiger partial charge in [-0.1, -0.05) is 30.3 Å². The summed E-state index contributed by atoms with van der Waals surface area (Å²) >= 11 is 0. The molecule has 0 amide bonds. The molecule has 2 fully saturated rings. The van der Waals surface area contributed by atoms with E-state index >= 15 is 0 Å². The molecule has 1 aliphatic heterocycles. The zero-order valence-corrected chi connectivity index (χ0v) is 11.5. The average molecular weight is 257 g/mol. The maximum absolute atomic E-state index is 12.2. The second-order valence-electron chi connectivity index (χ2n) is 6.08. The number of rotatable bonds is 5. The van der Waals surface area contributed by atoms with Crippen LogP contribution in [0.15, 0.2) is 30.3 Å². The molecule has 0 aromatic heterocycles. The maximum Gasteiger partial charge on any atom is 0.136 e. The highest BCUT2D eigenvalue weighted by Gasteiger charge is 2.43. The maximum atomic E-state index is 12.2. The molecule has 0 bridgehead atoms. The van der Waals surface area contributed by atoms with Crippen LogP contribution in [0.2, 0.25) is 0 Å². The Kier molecular flexibility index (Phi) is 3.97. The molecule has 1 saturated carbocycles. The third-order valence-electron chi connectivity index (χ3n) is 4.63. The van der Waals surface area contributed by atoms with E-state index in [1.54, 1.807) is 0 Å². The van der Waals surface area contributed by atoms with Gasteiger partial charge in [0.05, 0.1) is 0 Å². The zero-order chi connectivity index (χ0) is 13.1. The lowest BCUT2D eigenvalue weighted by Gasteiger charge is -2.22. The first-order valence-corrected chi connectivity index (χ1v) is 7.63. The Hall–Kier alpha value is -1.15. The largest absolute Gasteiger partial charge is 0.316 e. The third kappa shape index (κ3) is 3.24. The van der Waals surface area contributed by atoms with Gasteiger partial charge in [-0.3, -0.25) is 4.79 Å². The van der Waals surface area contributed by atoms with Gasteiger partial charge in [-0.15, -0.1) is 0 Å². The van der Waals surface area contributed by atoms with Crippen LogP contribution in [-0.4, -0.2) is 18.9 Å². The normalized spacial score (nSPS) is 30.0. The molecule has 2 aliphatic rings. The number of carbonyl (C=O) groups is 1. The summed E-state index contributed by atoms with van der Waals surface area (Å²) in [5, 5.41) is 3.43. The van der Waals surface area contributed by atoms with E-state index < -0.39 is 0 Å². The minimum Gasteiger partial charge on any atom is -0.316 e. The number of benzene rings is 1. The van der Waals surface area contributed by atoms with Crippen LogP contribution >= 0.6 is 0 Å². The Morgan fingerprint density at radius 3 is 2.84 bits per heavy atom. The Bertz CT molecular complexity index is 422. The number of ketones is 1. The number of hydrogen-bond acceptors (Lipinski definition) is 2. The van der Waals surface area contributed by atoms with Crippen LogP contribution in [0.4, 0.5) is 0 Å². The van der Waals surface area contributed by atoms with E-state index in [2.05, 4.69) is 29.6 Å². The van der Waals surface area contributed by atoms with E-state index in [0.29, 0.717) is 17.6 Å². The monoisotopic (exact) mass is 257 g/mol. The highest BCUT2D eigenvalue weighted by Crippen LogP contribution is 2.48. The molecule has 1 aromatic carbocycles. The highest BCUT2D eigenvalue weighted by atomic mass is 16.1. The first-order valence-electron chi connectivity index (χ1n) is 7.63. The quantitative estimate of drug-likeness (QED) is 0.878. The van der Waals surface area contributed by atoms with Crippen LogP contribution in [0.1, 0.15) is 43.6 Å². The molecular weight excluding hydrogens is 234 g/mol. The van der Waals surface area contributed by atoms with Gasteiger partial charge in [-0.25, -0.2) is 0 Å². The van der Waals surface area contributed by atoms with Crippen LogP contribution in [0.5, 0.6) is 0 Å².